The molecule has 0 radical (unpaired) electrons. The van der Waals surface area contributed by atoms with E-state index in [9.17, 15) is 18.3 Å². The first-order chi connectivity index (χ1) is 11.2. The zero-order valence-corrected chi connectivity index (χ0v) is 15.7. The van der Waals surface area contributed by atoms with E-state index in [1.807, 2.05) is 17.5 Å². The lowest BCUT2D eigenvalue weighted by Crippen LogP contribution is -2.47. The second-order valence-electron chi connectivity index (χ2n) is 6.32. The Hall–Kier alpha value is -1.000. The van der Waals surface area contributed by atoms with Gasteiger partial charge in [0.1, 0.15) is 0 Å². The van der Waals surface area contributed by atoms with Gasteiger partial charge in [-0.2, -0.15) is 17.4 Å². The van der Waals surface area contributed by atoms with Crippen molar-refractivity contribution in [1.82, 2.24) is 13.9 Å². The van der Waals surface area contributed by atoms with Gasteiger partial charge in [0.05, 0.1) is 12.0 Å². The molecule has 0 unspecified atom stereocenters. The molecule has 136 valence electrons. The standard InChI is InChI=1S/C15H25N3O4S2/c1-17(2)24(21,22)16-12-15(20)6-4-8-18(9-7-15)14(19)11-13-5-3-10-23-13/h3,5,10,16,20H,4,6-9,11-12H2,1-2H3/t15-/m1/s1. The summed E-state index contributed by atoms with van der Waals surface area (Å²) in [5.74, 6) is 0.0515. The molecule has 0 saturated carbocycles. The molecule has 0 aromatic carbocycles. The normalized spacial score (nSPS) is 22.6. The van der Waals surface area contributed by atoms with Crippen LogP contribution >= 0.6 is 11.3 Å². The highest BCUT2D eigenvalue weighted by atomic mass is 32.2. The third-order valence-electron chi connectivity index (χ3n) is 4.24. The number of thiophene rings is 1. The number of hydrogen-bond acceptors (Lipinski definition) is 5. The monoisotopic (exact) mass is 375 g/mol. The zero-order valence-electron chi connectivity index (χ0n) is 14.1. The fourth-order valence-corrected chi connectivity index (χ4v) is 4.04. The summed E-state index contributed by atoms with van der Waals surface area (Å²) in [5.41, 5.74) is -1.12. The van der Waals surface area contributed by atoms with E-state index in [1.54, 1.807) is 16.2 Å². The molecule has 0 spiro atoms. The summed E-state index contributed by atoms with van der Waals surface area (Å²) in [6.45, 7) is 0.984. The van der Waals surface area contributed by atoms with Crippen molar-refractivity contribution in [2.75, 3.05) is 33.7 Å². The highest BCUT2D eigenvalue weighted by Gasteiger charge is 2.33. The Labute approximate surface area is 147 Å². The fraction of sp³-hybridized carbons (Fsp3) is 0.667. The van der Waals surface area contributed by atoms with Gasteiger partial charge in [0.15, 0.2) is 0 Å². The molecule has 2 heterocycles. The van der Waals surface area contributed by atoms with Gasteiger partial charge in [0, 0.05) is 38.6 Å². The van der Waals surface area contributed by atoms with Gasteiger partial charge >= 0.3 is 0 Å². The van der Waals surface area contributed by atoms with Crippen LogP contribution in [-0.4, -0.2) is 68.0 Å². The molecule has 1 amide bonds. The lowest BCUT2D eigenvalue weighted by Gasteiger charge is -2.27. The third-order valence-corrected chi connectivity index (χ3v) is 6.59. The molecule has 1 aliphatic heterocycles. The number of hydrogen-bond donors (Lipinski definition) is 2. The van der Waals surface area contributed by atoms with E-state index < -0.39 is 15.8 Å². The van der Waals surface area contributed by atoms with Crippen molar-refractivity contribution in [2.24, 2.45) is 0 Å². The van der Waals surface area contributed by atoms with Crippen molar-refractivity contribution in [3.8, 4) is 0 Å². The van der Waals surface area contributed by atoms with Crippen LogP contribution in [-0.2, 0) is 21.4 Å². The maximum absolute atomic E-state index is 12.4. The first-order valence-electron chi connectivity index (χ1n) is 7.91. The Morgan fingerprint density at radius 3 is 2.79 bits per heavy atom. The molecule has 24 heavy (non-hydrogen) atoms. The van der Waals surface area contributed by atoms with Crippen LogP contribution in [0.15, 0.2) is 17.5 Å². The minimum absolute atomic E-state index is 0.0412. The van der Waals surface area contributed by atoms with E-state index in [1.165, 1.54) is 14.1 Å². The summed E-state index contributed by atoms with van der Waals surface area (Å²) in [4.78, 5) is 15.2. The average molecular weight is 376 g/mol. The smallest absolute Gasteiger partial charge is 0.279 e. The van der Waals surface area contributed by atoms with Crippen LogP contribution in [0.2, 0.25) is 0 Å². The summed E-state index contributed by atoms with van der Waals surface area (Å²) in [7, 11) is -0.698. The highest BCUT2D eigenvalue weighted by molar-refractivity contribution is 7.87. The van der Waals surface area contributed by atoms with Gasteiger partial charge in [-0.3, -0.25) is 4.79 Å². The van der Waals surface area contributed by atoms with Crippen molar-refractivity contribution in [3.63, 3.8) is 0 Å². The molecule has 1 aromatic heterocycles. The third kappa shape index (κ3) is 5.25. The second-order valence-corrected chi connectivity index (χ2v) is 9.32. The van der Waals surface area contributed by atoms with Crippen molar-refractivity contribution in [3.05, 3.63) is 22.4 Å². The molecular weight excluding hydrogens is 350 g/mol. The van der Waals surface area contributed by atoms with Crippen LogP contribution in [0.4, 0.5) is 0 Å². The summed E-state index contributed by atoms with van der Waals surface area (Å²) in [6.07, 6.45) is 1.85. The molecule has 2 rings (SSSR count). The van der Waals surface area contributed by atoms with Crippen molar-refractivity contribution >= 4 is 27.5 Å². The summed E-state index contributed by atoms with van der Waals surface area (Å²) < 4.78 is 27.1. The molecule has 0 bridgehead atoms. The van der Waals surface area contributed by atoms with Crippen LogP contribution in [0.25, 0.3) is 0 Å². The molecule has 1 atom stereocenters. The van der Waals surface area contributed by atoms with Crippen molar-refractivity contribution in [1.29, 1.82) is 0 Å². The zero-order chi connectivity index (χ0) is 17.8. The summed E-state index contributed by atoms with van der Waals surface area (Å²) >= 11 is 1.56. The lowest BCUT2D eigenvalue weighted by atomic mass is 9.95. The largest absolute Gasteiger partial charge is 0.388 e. The maximum Gasteiger partial charge on any atom is 0.279 e. The topological polar surface area (TPSA) is 89.9 Å². The number of carbonyl (C=O) groups excluding carboxylic acids is 1. The van der Waals surface area contributed by atoms with Gasteiger partial charge in [-0.05, 0) is 30.7 Å². The molecular formula is C15H25N3O4S2. The number of amides is 1. The summed E-state index contributed by atoms with van der Waals surface area (Å²) in [5, 5.41) is 12.6. The minimum atomic E-state index is -3.57. The van der Waals surface area contributed by atoms with E-state index in [0.717, 1.165) is 9.18 Å². The predicted octanol–water partition coefficient (Wildman–Crippen LogP) is 0.430. The Morgan fingerprint density at radius 2 is 2.17 bits per heavy atom. The Morgan fingerprint density at radius 1 is 1.42 bits per heavy atom. The Kier molecular flexibility index (Phi) is 6.38. The van der Waals surface area contributed by atoms with Gasteiger partial charge in [-0.1, -0.05) is 6.07 Å². The van der Waals surface area contributed by atoms with E-state index in [4.69, 9.17) is 0 Å². The SMILES string of the molecule is CN(C)S(=O)(=O)NC[C@@]1(O)CCCN(C(=O)Cc2cccs2)CC1. The minimum Gasteiger partial charge on any atom is -0.388 e. The highest BCUT2D eigenvalue weighted by Crippen LogP contribution is 2.23. The number of nitrogens with one attached hydrogen (secondary N) is 1. The van der Waals surface area contributed by atoms with Gasteiger partial charge in [-0.15, -0.1) is 11.3 Å². The van der Waals surface area contributed by atoms with Gasteiger partial charge < -0.3 is 10.0 Å². The molecule has 2 N–H and O–H groups in total. The molecule has 0 aliphatic carbocycles. The number of carbonyl (C=O) groups is 1. The Bertz CT molecular complexity index is 646. The lowest BCUT2D eigenvalue weighted by molar-refractivity contribution is -0.130. The van der Waals surface area contributed by atoms with Crippen LogP contribution in [0.3, 0.4) is 0 Å². The van der Waals surface area contributed by atoms with Gasteiger partial charge in [0.2, 0.25) is 5.91 Å². The molecule has 9 heteroatoms. The molecule has 1 aromatic rings. The maximum atomic E-state index is 12.4. The Balaban J connectivity index is 1.90. The number of rotatable bonds is 6. The first-order valence-corrected chi connectivity index (χ1v) is 10.2. The van der Waals surface area contributed by atoms with E-state index in [-0.39, 0.29) is 12.5 Å². The van der Waals surface area contributed by atoms with Crippen molar-refractivity contribution < 1.29 is 18.3 Å². The van der Waals surface area contributed by atoms with E-state index >= 15 is 0 Å². The number of aliphatic hydroxyl groups is 1. The van der Waals surface area contributed by atoms with Crippen LogP contribution in [0.1, 0.15) is 24.1 Å². The van der Waals surface area contributed by atoms with Gasteiger partial charge in [-0.25, -0.2) is 0 Å². The summed E-state index contributed by atoms with van der Waals surface area (Å²) in [6, 6.07) is 3.86. The number of likely N-dealkylation sites (tertiary alicyclic amines) is 1. The number of nitrogens with zero attached hydrogens (tertiary/aromatic N) is 2. The van der Waals surface area contributed by atoms with Crippen LogP contribution in [0, 0.1) is 0 Å². The van der Waals surface area contributed by atoms with Gasteiger partial charge in [0.25, 0.3) is 10.2 Å². The molecule has 1 saturated heterocycles. The molecule has 1 fully saturated rings. The average Bonchev–Trinajstić information content (AvgIpc) is 2.93. The van der Waals surface area contributed by atoms with Crippen molar-refractivity contribution in [2.45, 2.75) is 31.3 Å². The second kappa shape index (κ2) is 7.92. The van der Waals surface area contributed by atoms with Crippen LogP contribution < -0.4 is 4.72 Å². The molecule has 7 nitrogen and oxygen atoms in total. The van der Waals surface area contributed by atoms with E-state index in [0.29, 0.717) is 38.8 Å². The molecule has 1 aliphatic rings. The van der Waals surface area contributed by atoms with Crippen LogP contribution in [0.5, 0.6) is 0 Å². The predicted molar refractivity (Wildman–Crippen MR) is 94.0 cm³/mol. The first kappa shape index (κ1) is 19.3. The quantitative estimate of drug-likeness (QED) is 0.755. The fourth-order valence-electron chi connectivity index (χ4n) is 2.63. The van der Waals surface area contributed by atoms with E-state index in [2.05, 4.69) is 4.72 Å².